The molecular formula is C24H33BrN6O4. The zero-order valence-electron chi connectivity index (χ0n) is 21.3. The number of allylic oxidation sites excluding steroid dienone is 2. The number of ether oxygens (including phenoxy) is 1. The Morgan fingerprint density at radius 3 is 2.54 bits per heavy atom. The predicted molar refractivity (Wildman–Crippen MR) is 144 cm³/mol. The van der Waals surface area contributed by atoms with Crippen molar-refractivity contribution in [2.75, 3.05) is 58.6 Å². The van der Waals surface area contributed by atoms with Gasteiger partial charge < -0.3 is 19.9 Å². The molecule has 1 aliphatic rings. The van der Waals surface area contributed by atoms with Gasteiger partial charge in [-0.1, -0.05) is 13.0 Å². The monoisotopic (exact) mass is 548 g/mol. The second-order valence-corrected chi connectivity index (χ2v) is 9.04. The molecule has 10 nitrogen and oxygen atoms in total. The van der Waals surface area contributed by atoms with E-state index in [2.05, 4.69) is 21.2 Å². The molecule has 1 N–H and O–H groups in total. The number of nitro groups is 1. The summed E-state index contributed by atoms with van der Waals surface area (Å²) in [5, 5.41) is 15.1. The highest BCUT2D eigenvalue weighted by molar-refractivity contribution is 9.12. The van der Waals surface area contributed by atoms with Crippen molar-refractivity contribution in [3.63, 3.8) is 0 Å². The summed E-state index contributed by atoms with van der Waals surface area (Å²) in [4.78, 5) is 34.0. The van der Waals surface area contributed by atoms with Gasteiger partial charge >= 0.3 is 0 Å². The molecule has 11 heteroatoms. The van der Waals surface area contributed by atoms with Crippen molar-refractivity contribution >= 4 is 44.7 Å². The highest BCUT2D eigenvalue weighted by Gasteiger charge is 2.26. The Bertz CT molecular complexity index is 1090. The Balaban J connectivity index is 2.53. The summed E-state index contributed by atoms with van der Waals surface area (Å²) in [6.07, 6.45) is 6.07. The van der Waals surface area contributed by atoms with Crippen LogP contribution in [0.15, 0.2) is 51.2 Å². The summed E-state index contributed by atoms with van der Waals surface area (Å²) in [5.41, 5.74) is 1.56. The van der Waals surface area contributed by atoms with Gasteiger partial charge in [0.15, 0.2) is 0 Å². The van der Waals surface area contributed by atoms with Crippen LogP contribution in [0.3, 0.4) is 0 Å². The fourth-order valence-corrected chi connectivity index (χ4v) is 3.89. The van der Waals surface area contributed by atoms with Crippen LogP contribution in [0.2, 0.25) is 0 Å². The number of hydrogen-bond acceptors (Lipinski definition) is 8. The molecule has 2 rings (SSSR count). The van der Waals surface area contributed by atoms with Gasteiger partial charge in [0.2, 0.25) is 0 Å². The summed E-state index contributed by atoms with van der Waals surface area (Å²) in [6, 6.07) is 3.10. The number of likely N-dealkylation sites (N-methyl/N-ethyl adjacent to an activating group) is 3. The number of nitro benzene ring substituents is 1. The van der Waals surface area contributed by atoms with Crippen LogP contribution < -0.4 is 15.0 Å². The molecular weight excluding hydrogens is 516 g/mol. The molecule has 1 aliphatic heterocycles. The lowest BCUT2D eigenvalue weighted by atomic mass is 10.1. The van der Waals surface area contributed by atoms with Gasteiger partial charge in [-0.25, -0.2) is 4.99 Å². The molecule has 35 heavy (non-hydrogen) atoms. The van der Waals surface area contributed by atoms with Gasteiger partial charge in [0.1, 0.15) is 23.1 Å². The number of nitrogens with one attached hydrogen (secondary N) is 1. The van der Waals surface area contributed by atoms with Crippen LogP contribution in [0.25, 0.3) is 0 Å². The van der Waals surface area contributed by atoms with E-state index >= 15 is 0 Å². The smallest absolute Gasteiger partial charge is 0.294 e. The first-order chi connectivity index (χ1) is 16.5. The van der Waals surface area contributed by atoms with Gasteiger partial charge in [0.05, 0.1) is 22.2 Å². The second kappa shape index (κ2) is 12.5. The first-order valence-corrected chi connectivity index (χ1v) is 11.9. The molecule has 0 bridgehead atoms. The lowest BCUT2D eigenvalue weighted by Crippen LogP contribution is -2.37. The molecule has 0 aromatic heterocycles. The fourth-order valence-electron chi connectivity index (χ4n) is 3.38. The van der Waals surface area contributed by atoms with E-state index in [1.807, 2.05) is 56.9 Å². The van der Waals surface area contributed by atoms with Crippen LogP contribution >= 0.6 is 15.9 Å². The van der Waals surface area contributed by atoms with Crippen LogP contribution in [0, 0.1) is 10.1 Å². The topological polar surface area (TPSA) is 104 Å². The SMILES string of the molecule is C/C=C1/C=C(Br)C(=O)N(C)/C1=N/C(=C/CC)Nc1cc([N+](=O)[O-])c(N(C)CCN(C)C)cc1OC. The molecule has 1 heterocycles. The van der Waals surface area contributed by atoms with E-state index in [0.717, 1.165) is 12.1 Å². The largest absolute Gasteiger partial charge is 0.494 e. The average Bonchev–Trinajstić information content (AvgIpc) is 2.82. The van der Waals surface area contributed by atoms with Crippen molar-refractivity contribution in [3.05, 3.63) is 56.4 Å². The minimum Gasteiger partial charge on any atom is -0.494 e. The third kappa shape index (κ3) is 6.92. The van der Waals surface area contributed by atoms with Crippen LogP contribution in [-0.4, -0.2) is 74.9 Å². The molecule has 190 valence electrons. The number of carbonyl (C=O) groups excluding carboxylic acids is 1. The summed E-state index contributed by atoms with van der Waals surface area (Å²) in [7, 11) is 8.87. The number of nitrogens with zero attached hydrogens (tertiary/aromatic N) is 5. The molecule has 1 aromatic carbocycles. The third-order valence-electron chi connectivity index (χ3n) is 5.35. The minimum atomic E-state index is -0.408. The number of benzene rings is 1. The number of aliphatic imine (C=N–C) groups is 1. The zero-order valence-corrected chi connectivity index (χ0v) is 22.8. The second-order valence-electron chi connectivity index (χ2n) is 8.18. The molecule has 0 radical (unpaired) electrons. The Morgan fingerprint density at radius 1 is 1.31 bits per heavy atom. The highest BCUT2D eigenvalue weighted by Crippen LogP contribution is 2.38. The van der Waals surface area contributed by atoms with Crippen molar-refractivity contribution in [2.45, 2.75) is 20.3 Å². The Morgan fingerprint density at radius 2 is 2.00 bits per heavy atom. The summed E-state index contributed by atoms with van der Waals surface area (Å²) in [5.74, 6) is 1.12. The van der Waals surface area contributed by atoms with E-state index in [1.54, 1.807) is 19.2 Å². The van der Waals surface area contributed by atoms with Crippen LogP contribution in [0.4, 0.5) is 17.1 Å². The highest BCUT2D eigenvalue weighted by atomic mass is 79.9. The number of hydrogen-bond donors (Lipinski definition) is 1. The van der Waals surface area contributed by atoms with E-state index in [1.165, 1.54) is 18.1 Å². The first kappa shape index (κ1) is 28.1. The van der Waals surface area contributed by atoms with Gasteiger partial charge in [-0.15, -0.1) is 0 Å². The molecule has 0 spiro atoms. The maximum Gasteiger partial charge on any atom is 0.294 e. The molecule has 0 unspecified atom stereocenters. The Labute approximate surface area is 214 Å². The quantitative estimate of drug-likeness (QED) is 0.342. The van der Waals surface area contributed by atoms with Gasteiger partial charge in [-0.2, -0.15) is 0 Å². The van der Waals surface area contributed by atoms with Gasteiger partial charge in [-0.3, -0.25) is 19.8 Å². The maximum atomic E-state index is 12.5. The summed E-state index contributed by atoms with van der Waals surface area (Å²) >= 11 is 3.29. The Hall–Kier alpha value is -3.18. The molecule has 0 atom stereocenters. The molecule has 0 saturated carbocycles. The molecule has 1 amide bonds. The number of rotatable bonds is 10. The first-order valence-electron chi connectivity index (χ1n) is 11.1. The molecule has 0 aliphatic carbocycles. The standard InChI is InChI=1S/C24H33BrN6O4/c1-8-10-22(27-23-16(9-2)13-17(25)24(32)30(23)6)26-18-14-20(31(33)34)19(15-21(18)35-7)29(5)12-11-28(3)4/h9-10,13-15,26H,8,11-12H2,1-7H3/b16-9-,22-10+,27-23+. The van der Waals surface area contributed by atoms with Gasteiger partial charge in [0.25, 0.3) is 11.6 Å². The fraction of sp³-hybridized carbons (Fsp3) is 0.417. The predicted octanol–water partition coefficient (Wildman–Crippen LogP) is 4.36. The molecule has 0 saturated heterocycles. The number of methoxy groups -OCH3 is 1. The number of amides is 1. The van der Waals surface area contributed by atoms with Crippen LogP contribution in [0.1, 0.15) is 20.3 Å². The van der Waals surface area contributed by atoms with Crippen molar-refractivity contribution in [2.24, 2.45) is 4.99 Å². The maximum absolute atomic E-state index is 12.5. The van der Waals surface area contributed by atoms with Gasteiger partial charge in [-0.05, 0) is 55.5 Å². The summed E-state index contributed by atoms with van der Waals surface area (Å²) < 4.78 is 6.01. The normalized spacial score (nSPS) is 16.7. The average molecular weight is 549 g/mol. The van der Waals surface area contributed by atoms with E-state index in [-0.39, 0.29) is 11.6 Å². The number of amidine groups is 1. The number of anilines is 2. The molecule has 0 fully saturated rings. The lowest BCUT2D eigenvalue weighted by Gasteiger charge is -2.25. The zero-order chi connectivity index (χ0) is 26.3. The van der Waals surface area contributed by atoms with E-state index in [4.69, 9.17) is 9.73 Å². The van der Waals surface area contributed by atoms with Crippen molar-refractivity contribution in [1.29, 1.82) is 0 Å². The van der Waals surface area contributed by atoms with Gasteiger partial charge in [0, 0.05) is 44.9 Å². The van der Waals surface area contributed by atoms with Crippen LogP contribution in [0.5, 0.6) is 5.75 Å². The minimum absolute atomic E-state index is 0.0518. The van der Waals surface area contributed by atoms with Crippen LogP contribution in [-0.2, 0) is 4.79 Å². The van der Waals surface area contributed by atoms with Crippen molar-refractivity contribution in [1.82, 2.24) is 9.80 Å². The van der Waals surface area contributed by atoms with E-state index in [9.17, 15) is 14.9 Å². The van der Waals surface area contributed by atoms with Crippen molar-refractivity contribution in [3.8, 4) is 5.75 Å². The number of carbonyl (C=O) groups is 1. The molecule has 1 aromatic rings. The third-order valence-corrected chi connectivity index (χ3v) is 5.92. The van der Waals surface area contributed by atoms with E-state index in [0.29, 0.717) is 46.2 Å². The Kier molecular flexibility index (Phi) is 10.0. The summed E-state index contributed by atoms with van der Waals surface area (Å²) in [6.45, 7) is 5.15. The van der Waals surface area contributed by atoms with E-state index < -0.39 is 4.92 Å². The lowest BCUT2D eigenvalue weighted by molar-refractivity contribution is -0.384. The number of halogens is 1. The van der Waals surface area contributed by atoms with Crippen molar-refractivity contribution < 1.29 is 14.5 Å².